The van der Waals surface area contributed by atoms with Gasteiger partial charge in [0.1, 0.15) is 5.82 Å². The molecule has 0 aliphatic rings. The number of nitrogens with zero attached hydrogens (tertiary/aromatic N) is 3. The lowest BCUT2D eigenvalue weighted by atomic mass is 10.1. The van der Waals surface area contributed by atoms with Crippen LogP contribution in [0.3, 0.4) is 0 Å². The van der Waals surface area contributed by atoms with Crippen molar-refractivity contribution in [1.82, 2.24) is 14.5 Å². The predicted molar refractivity (Wildman–Crippen MR) is 115 cm³/mol. The maximum atomic E-state index is 13.2. The molecule has 0 spiro atoms. The van der Waals surface area contributed by atoms with Crippen molar-refractivity contribution in [2.75, 3.05) is 10.6 Å². The van der Waals surface area contributed by atoms with E-state index in [9.17, 15) is 13.2 Å². The van der Waals surface area contributed by atoms with Gasteiger partial charge < -0.3 is 15.2 Å². The molecule has 0 saturated heterocycles. The Kier molecular flexibility index (Phi) is 5.38. The molecule has 0 amide bonds. The first-order chi connectivity index (χ1) is 14.3. The molecule has 2 heterocycles. The highest BCUT2D eigenvalue weighted by molar-refractivity contribution is 9.10. The summed E-state index contributed by atoms with van der Waals surface area (Å²) in [5.74, 6) is 0.727. The molecule has 30 heavy (non-hydrogen) atoms. The molecule has 0 bridgehead atoms. The van der Waals surface area contributed by atoms with Crippen LogP contribution in [0, 0.1) is 0 Å². The first-order valence-corrected chi connectivity index (χ1v) is 9.84. The number of benzene rings is 2. The van der Waals surface area contributed by atoms with Crippen molar-refractivity contribution in [3.05, 3.63) is 76.5 Å². The summed E-state index contributed by atoms with van der Waals surface area (Å²) in [6.07, 6.45) is -0.885. The van der Waals surface area contributed by atoms with Crippen molar-refractivity contribution < 1.29 is 13.2 Å². The second-order valence-corrected chi connectivity index (χ2v) is 7.58. The molecular weight excluding hydrogens is 459 g/mol. The summed E-state index contributed by atoms with van der Waals surface area (Å²) in [6, 6.07) is 13.4. The summed E-state index contributed by atoms with van der Waals surface area (Å²) in [4.78, 5) is 8.63. The van der Waals surface area contributed by atoms with E-state index >= 15 is 0 Å². The van der Waals surface area contributed by atoms with E-state index < -0.39 is 11.7 Å². The number of nitrogens with one attached hydrogen (secondary N) is 2. The number of hydrogen-bond donors (Lipinski definition) is 2. The minimum Gasteiger partial charge on any atom is -0.365 e. The standard InChI is InChI=1S/C21H17BrF3N5/c1-30-9-8-13-10-15(6-7-18(13)30)28-20-27-12-17(22)19(29-20)26-11-14-4-2-3-5-16(14)21(23,24)25/h2-10,12H,11H2,1H3,(H2,26,27,28,29). The van der Waals surface area contributed by atoms with E-state index in [0.29, 0.717) is 16.2 Å². The second-order valence-electron chi connectivity index (χ2n) is 6.72. The molecule has 2 aromatic heterocycles. The van der Waals surface area contributed by atoms with Gasteiger partial charge in [-0.05, 0) is 51.8 Å². The summed E-state index contributed by atoms with van der Waals surface area (Å²) < 4.78 is 42.2. The van der Waals surface area contributed by atoms with Gasteiger partial charge >= 0.3 is 6.18 Å². The van der Waals surface area contributed by atoms with E-state index in [0.717, 1.165) is 22.7 Å². The van der Waals surface area contributed by atoms with E-state index in [4.69, 9.17) is 0 Å². The van der Waals surface area contributed by atoms with Gasteiger partial charge in [0.05, 0.1) is 10.0 Å². The normalized spacial score (nSPS) is 11.6. The lowest BCUT2D eigenvalue weighted by Crippen LogP contribution is -2.12. The van der Waals surface area contributed by atoms with E-state index in [1.54, 1.807) is 12.3 Å². The van der Waals surface area contributed by atoms with Gasteiger partial charge in [0.15, 0.2) is 0 Å². The number of aromatic nitrogens is 3. The molecule has 154 valence electrons. The number of alkyl halides is 3. The van der Waals surface area contributed by atoms with E-state index in [-0.39, 0.29) is 12.1 Å². The van der Waals surface area contributed by atoms with Crippen LogP contribution in [-0.2, 0) is 19.8 Å². The molecule has 0 radical (unpaired) electrons. The van der Waals surface area contributed by atoms with Crippen LogP contribution in [0.1, 0.15) is 11.1 Å². The smallest absolute Gasteiger partial charge is 0.365 e. The highest BCUT2D eigenvalue weighted by Gasteiger charge is 2.32. The molecule has 0 aliphatic carbocycles. The molecule has 0 fully saturated rings. The SMILES string of the molecule is Cn1ccc2cc(Nc3ncc(Br)c(NCc4ccccc4C(F)(F)F)n3)ccc21. The van der Waals surface area contributed by atoms with Gasteiger partial charge in [-0.2, -0.15) is 18.2 Å². The van der Waals surface area contributed by atoms with Crippen LogP contribution in [0.5, 0.6) is 0 Å². The second kappa shape index (κ2) is 7.98. The van der Waals surface area contributed by atoms with Crippen molar-refractivity contribution in [2.24, 2.45) is 7.05 Å². The monoisotopic (exact) mass is 475 g/mol. The fourth-order valence-corrected chi connectivity index (χ4v) is 3.50. The summed E-state index contributed by atoms with van der Waals surface area (Å²) in [5, 5.41) is 7.17. The molecular formula is C21H17BrF3N5. The maximum Gasteiger partial charge on any atom is 0.416 e. The van der Waals surface area contributed by atoms with Gasteiger partial charge in [0, 0.05) is 42.6 Å². The quantitative estimate of drug-likeness (QED) is 0.365. The van der Waals surface area contributed by atoms with E-state index in [1.165, 1.54) is 12.1 Å². The Balaban J connectivity index is 1.53. The van der Waals surface area contributed by atoms with Crippen molar-refractivity contribution in [2.45, 2.75) is 12.7 Å². The average Bonchev–Trinajstić information content (AvgIpc) is 3.08. The van der Waals surface area contributed by atoms with Crippen LogP contribution in [0.2, 0.25) is 0 Å². The van der Waals surface area contributed by atoms with Crippen LogP contribution >= 0.6 is 15.9 Å². The summed E-state index contributed by atoms with van der Waals surface area (Å²) in [5.41, 5.74) is 1.38. The van der Waals surface area contributed by atoms with Crippen molar-refractivity contribution in [3.8, 4) is 0 Å². The number of rotatable bonds is 5. The average molecular weight is 476 g/mol. The fourth-order valence-electron chi connectivity index (χ4n) is 3.17. The number of halogens is 4. The van der Waals surface area contributed by atoms with Gasteiger partial charge in [-0.25, -0.2) is 4.98 Å². The Morgan fingerprint density at radius 3 is 2.70 bits per heavy atom. The lowest BCUT2D eigenvalue weighted by molar-refractivity contribution is -0.138. The van der Waals surface area contributed by atoms with Gasteiger partial charge in [-0.3, -0.25) is 0 Å². The number of anilines is 3. The molecule has 0 saturated carbocycles. The van der Waals surface area contributed by atoms with Crippen LogP contribution in [0.4, 0.5) is 30.6 Å². The zero-order valence-electron chi connectivity index (χ0n) is 15.8. The van der Waals surface area contributed by atoms with Crippen molar-refractivity contribution in [1.29, 1.82) is 0 Å². The number of fused-ring (bicyclic) bond motifs is 1. The van der Waals surface area contributed by atoms with Crippen molar-refractivity contribution >= 4 is 44.3 Å². The molecule has 4 aromatic rings. The minimum absolute atomic E-state index is 0.0271. The van der Waals surface area contributed by atoms with Crippen LogP contribution in [0.15, 0.2) is 65.4 Å². The summed E-state index contributed by atoms with van der Waals surface area (Å²) >= 11 is 3.34. The van der Waals surface area contributed by atoms with Crippen LogP contribution in [0.25, 0.3) is 10.9 Å². The lowest BCUT2D eigenvalue weighted by Gasteiger charge is -2.14. The molecule has 4 rings (SSSR count). The summed E-state index contributed by atoms with van der Waals surface area (Å²) in [7, 11) is 1.97. The molecule has 5 nitrogen and oxygen atoms in total. The number of hydrogen-bond acceptors (Lipinski definition) is 4. The van der Waals surface area contributed by atoms with Crippen LogP contribution in [-0.4, -0.2) is 14.5 Å². The fraction of sp³-hybridized carbons (Fsp3) is 0.143. The summed E-state index contributed by atoms with van der Waals surface area (Å²) in [6.45, 7) is -0.0271. The zero-order valence-corrected chi connectivity index (χ0v) is 17.4. The third-order valence-electron chi connectivity index (χ3n) is 4.65. The Morgan fingerprint density at radius 1 is 1.10 bits per heavy atom. The molecule has 2 N–H and O–H groups in total. The Hall–Kier alpha value is -3.07. The first-order valence-electron chi connectivity index (χ1n) is 9.05. The Bertz CT molecular complexity index is 1200. The largest absolute Gasteiger partial charge is 0.416 e. The van der Waals surface area contributed by atoms with Gasteiger partial charge in [-0.15, -0.1) is 0 Å². The topological polar surface area (TPSA) is 54.8 Å². The number of aryl methyl sites for hydroxylation is 1. The minimum atomic E-state index is -4.41. The van der Waals surface area contributed by atoms with Crippen molar-refractivity contribution in [3.63, 3.8) is 0 Å². The molecule has 2 aromatic carbocycles. The van der Waals surface area contributed by atoms with E-state index in [1.807, 2.05) is 42.1 Å². The molecule has 9 heteroatoms. The predicted octanol–water partition coefficient (Wildman–Crippen LogP) is 6.11. The third-order valence-corrected chi connectivity index (χ3v) is 5.23. The third kappa shape index (κ3) is 4.25. The molecule has 0 aliphatic heterocycles. The first kappa shape index (κ1) is 20.2. The highest BCUT2D eigenvalue weighted by atomic mass is 79.9. The highest BCUT2D eigenvalue weighted by Crippen LogP contribution is 2.32. The van der Waals surface area contributed by atoms with Gasteiger partial charge in [0.2, 0.25) is 5.95 Å². The van der Waals surface area contributed by atoms with Gasteiger partial charge in [0.25, 0.3) is 0 Å². The zero-order chi connectivity index (χ0) is 21.3. The maximum absolute atomic E-state index is 13.2. The molecule has 0 unspecified atom stereocenters. The van der Waals surface area contributed by atoms with Gasteiger partial charge in [-0.1, -0.05) is 18.2 Å². The Labute approximate surface area is 179 Å². The van der Waals surface area contributed by atoms with E-state index in [2.05, 4.69) is 36.5 Å². The van der Waals surface area contributed by atoms with Crippen LogP contribution < -0.4 is 10.6 Å². The molecule has 0 atom stereocenters. The Morgan fingerprint density at radius 2 is 1.90 bits per heavy atom.